The van der Waals surface area contributed by atoms with Gasteiger partial charge < -0.3 is 35.9 Å². The maximum absolute atomic E-state index is 11.4. The van der Waals surface area contributed by atoms with Crippen molar-refractivity contribution in [2.45, 2.75) is 88.4 Å². The highest BCUT2D eigenvalue weighted by atomic mass is 16.5. The lowest BCUT2D eigenvalue weighted by Crippen LogP contribution is -2.36. The van der Waals surface area contributed by atoms with Crippen LogP contribution in [0.2, 0.25) is 0 Å². The Morgan fingerprint density at radius 1 is 1.07 bits per heavy atom. The molecule has 0 radical (unpaired) electrons. The molecular formula is C37H46N3O5-. The van der Waals surface area contributed by atoms with Crippen LogP contribution < -0.4 is 15.5 Å². The molecule has 0 saturated heterocycles. The highest BCUT2D eigenvalue weighted by Gasteiger charge is 2.36. The molecule has 8 atom stereocenters. The Labute approximate surface area is 266 Å². The summed E-state index contributed by atoms with van der Waals surface area (Å²) in [4.78, 5) is 8.55. The average Bonchev–Trinajstić information content (AvgIpc) is 3.49. The number of allylic oxidation sites excluding steroid dienone is 2. The minimum atomic E-state index is -0.750. The second-order valence-corrected chi connectivity index (χ2v) is 12.6. The van der Waals surface area contributed by atoms with Crippen molar-refractivity contribution < 1.29 is 25.2 Å². The number of anilines is 1. The van der Waals surface area contributed by atoms with Crippen LogP contribution in [0, 0.1) is 29.6 Å². The summed E-state index contributed by atoms with van der Waals surface area (Å²) in [5.74, 6) is 7.00. The normalized spacial score (nSPS) is 26.5. The van der Waals surface area contributed by atoms with Crippen LogP contribution in [-0.4, -0.2) is 50.3 Å². The molecule has 8 nitrogen and oxygen atoms in total. The van der Waals surface area contributed by atoms with E-state index in [2.05, 4.69) is 34.8 Å². The topological polar surface area (TPSA) is 143 Å². The van der Waals surface area contributed by atoms with Crippen LogP contribution in [0.3, 0.4) is 0 Å². The van der Waals surface area contributed by atoms with E-state index in [1.54, 1.807) is 24.5 Å². The number of rotatable bonds is 10. The summed E-state index contributed by atoms with van der Waals surface area (Å²) in [5, 5.41) is 43.7. The van der Waals surface area contributed by atoms with Gasteiger partial charge in [0.15, 0.2) is 11.5 Å². The zero-order chi connectivity index (χ0) is 31.8. The first kappa shape index (κ1) is 32.6. The standard InChI is InChI=1S/C37H46N3O5/c1-2-24-6-3-4-8-33(43)37-25(10-9-24)11-12-26(20-34(37)44)27-13-14-32(42)35(21-27)45-31(23-41)19-29(18-30-7-5-16-39-30)28-15-17-40-36(38)22-28/h5,7,11-17,21-22,24-26,29,31,33-34,37,41-44H,2-4,6,8,18-20,23H2,1H3,(H2,38,40)/q-1. The Hall–Kier alpha value is -3.77. The van der Waals surface area contributed by atoms with E-state index in [0.717, 1.165) is 42.5 Å². The lowest BCUT2D eigenvalue weighted by atomic mass is 9.79. The molecule has 0 spiro atoms. The second kappa shape index (κ2) is 15.5. The van der Waals surface area contributed by atoms with Crippen LogP contribution in [0.25, 0.3) is 0 Å². The molecule has 0 saturated carbocycles. The third kappa shape index (κ3) is 8.49. The summed E-state index contributed by atoms with van der Waals surface area (Å²) in [6.45, 7) is 1.91. The Bertz CT molecular complexity index is 1460. The summed E-state index contributed by atoms with van der Waals surface area (Å²) in [6.07, 6.45) is 11.7. The van der Waals surface area contributed by atoms with E-state index >= 15 is 0 Å². The smallest absolute Gasteiger partial charge is 0.161 e. The number of fused-ring (bicyclic) bond motifs is 1. The van der Waals surface area contributed by atoms with E-state index in [1.165, 1.54) is 0 Å². The molecule has 8 unspecified atom stereocenters. The van der Waals surface area contributed by atoms with Gasteiger partial charge >= 0.3 is 0 Å². The second-order valence-electron chi connectivity index (χ2n) is 12.6. The number of pyridine rings is 1. The minimum Gasteiger partial charge on any atom is -0.668 e. The molecule has 2 aromatic heterocycles. The molecule has 2 aliphatic carbocycles. The van der Waals surface area contributed by atoms with Crippen LogP contribution in [0.4, 0.5) is 5.82 Å². The van der Waals surface area contributed by atoms with Gasteiger partial charge in [0.05, 0.1) is 18.8 Å². The molecule has 5 rings (SSSR count). The van der Waals surface area contributed by atoms with Crippen LogP contribution in [0.5, 0.6) is 11.5 Å². The Morgan fingerprint density at radius 2 is 1.91 bits per heavy atom. The van der Waals surface area contributed by atoms with Gasteiger partial charge in [0, 0.05) is 29.9 Å². The van der Waals surface area contributed by atoms with E-state index in [4.69, 9.17) is 10.5 Å². The monoisotopic (exact) mass is 612 g/mol. The van der Waals surface area contributed by atoms with Gasteiger partial charge in [-0.15, -0.1) is 0 Å². The summed E-state index contributed by atoms with van der Waals surface area (Å²) < 4.78 is 6.27. The van der Waals surface area contributed by atoms with Crippen molar-refractivity contribution in [2.75, 3.05) is 12.3 Å². The van der Waals surface area contributed by atoms with Crippen LogP contribution in [0.15, 0.2) is 67.0 Å². The number of nitrogen functional groups attached to an aromatic ring is 1. The Kier molecular flexibility index (Phi) is 11.2. The first-order valence-corrected chi connectivity index (χ1v) is 16.3. The first-order chi connectivity index (χ1) is 21.8. The summed E-state index contributed by atoms with van der Waals surface area (Å²) in [7, 11) is 0. The number of hydrogen-bond donors (Lipinski definition) is 5. The molecule has 0 fully saturated rings. The summed E-state index contributed by atoms with van der Waals surface area (Å²) in [6, 6.07) is 12.8. The zero-order valence-electron chi connectivity index (χ0n) is 26.0. The molecule has 6 N–H and O–H groups in total. The molecule has 2 aliphatic rings. The van der Waals surface area contributed by atoms with Gasteiger partial charge in [0.25, 0.3) is 0 Å². The van der Waals surface area contributed by atoms with Gasteiger partial charge in [-0.2, -0.15) is 11.9 Å². The number of phenols is 1. The van der Waals surface area contributed by atoms with Gasteiger partial charge in [0.2, 0.25) is 0 Å². The molecular weight excluding hydrogens is 566 g/mol. The quantitative estimate of drug-likeness (QED) is 0.158. The number of nitrogens with zero attached hydrogens (tertiary/aromatic N) is 2. The van der Waals surface area contributed by atoms with Crippen molar-refractivity contribution in [2.24, 2.45) is 17.8 Å². The molecule has 45 heavy (non-hydrogen) atoms. The number of ether oxygens (including phenoxy) is 1. The van der Waals surface area contributed by atoms with Crippen molar-refractivity contribution in [1.82, 2.24) is 9.97 Å². The van der Waals surface area contributed by atoms with E-state index < -0.39 is 18.3 Å². The largest absolute Gasteiger partial charge is 0.668 e. The fourth-order valence-corrected chi connectivity index (χ4v) is 6.81. The van der Waals surface area contributed by atoms with E-state index in [9.17, 15) is 20.4 Å². The first-order valence-electron chi connectivity index (χ1n) is 16.3. The van der Waals surface area contributed by atoms with E-state index in [0.29, 0.717) is 37.4 Å². The molecule has 8 heteroatoms. The van der Waals surface area contributed by atoms with E-state index in [-0.39, 0.29) is 41.8 Å². The highest BCUT2D eigenvalue weighted by molar-refractivity contribution is 5.44. The molecule has 240 valence electrons. The third-order valence-electron chi connectivity index (χ3n) is 9.40. The van der Waals surface area contributed by atoms with Crippen molar-refractivity contribution in [1.29, 1.82) is 0 Å². The van der Waals surface area contributed by atoms with Crippen LogP contribution in [-0.2, 0) is 6.42 Å². The summed E-state index contributed by atoms with van der Waals surface area (Å²) >= 11 is 0. The predicted molar refractivity (Wildman–Crippen MR) is 175 cm³/mol. The minimum absolute atomic E-state index is 0.0289. The fourth-order valence-electron chi connectivity index (χ4n) is 6.81. The van der Waals surface area contributed by atoms with Gasteiger partial charge in [0.1, 0.15) is 11.9 Å². The van der Waals surface area contributed by atoms with Gasteiger partial charge in [-0.1, -0.05) is 62.0 Å². The summed E-state index contributed by atoms with van der Waals surface area (Å²) in [5.41, 5.74) is 8.75. The number of aromatic nitrogens is 2. The lowest BCUT2D eigenvalue weighted by molar-refractivity contribution is -0.00706. The highest BCUT2D eigenvalue weighted by Crippen LogP contribution is 2.39. The Morgan fingerprint density at radius 3 is 2.67 bits per heavy atom. The molecule has 0 aliphatic heterocycles. The van der Waals surface area contributed by atoms with Crippen LogP contribution in [0.1, 0.15) is 80.5 Å². The number of benzene rings is 1. The van der Waals surface area contributed by atoms with Crippen LogP contribution >= 0.6 is 0 Å². The van der Waals surface area contributed by atoms with Crippen molar-refractivity contribution in [3.8, 4) is 23.3 Å². The fraction of sp³-hybridized carbons (Fsp3) is 0.486. The molecule has 0 amide bonds. The van der Waals surface area contributed by atoms with Crippen molar-refractivity contribution in [3.05, 3.63) is 83.8 Å². The Balaban J connectivity index is 1.36. The van der Waals surface area contributed by atoms with Crippen molar-refractivity contribution >= 4 is 5.82 Å². The number of aromatic hydroxyl groups is 1. The zero-order valence-corrected chi connectivity index (χ0v) is 26.0. The average molecular weight is 613 g/mol. The predicted octanol–water partition coefficient (Wildman–Crippen LogP) is 5.08. The molecule has 0 bridgehead atoms. The van der Waals surface area contributed by atoms with E-state index in [1.807, 2.05) is 36.4 Å². The lowest BCUT2D eigenvalue weighted by Gasteiger charge is -2.31. The maximum Gasteiger partial charge on any atom is 0.161 e. The van der Waals surface area contributed by atoms with Gasteiger partial charge in [-0.3, -0.25) is 0 Å². The van der Waals surface area contributed by atoms with Crippen molar-refractivity contribution in [3.63, 3.8) is 0 Å². The molecule has 1 aromatic carbocycles. The number of hydrogen-bond acceptors (Lipinski definition) is 7. The number of aliphatic hydroxyl groups is 3. The number of aliphatic hydroxyl groups excluding tert-OH is 3. The molecule has 2 heterocycles. The number of phenolic OH excluding ortho intramolecular Hbond substituents is 1. The third-order valence-corrected chi connectivity index (χ3v) is 9.40. The number of nitrogens with two attached hydrogens (primary N) is 1. The van der Waals surface area contributed by atoms with Gasteiger partial charge in [-0.25, -0.2) is 4.98 Å². The molecule has 3 aromatic rings. The SMILES string of the molecule is CCC1C#CC2C=CC(c3ccc(O)c(OC(CO)CC(Cc4ccc[n-]4)c4ccnc(N)c4)c3)CC(O)C2C(O)CCCC1. The van der Waals surface area contributed by atoms with Gasteiger partial charge in [-0.05, 0) is 79.8 Å². The maximum atomic E-state index is 11.4.